The van der Waals surface area contributed by atoms with Crippen LogP contribution < -0.4 is 0 Å². The van der Waals surface area contributed by atoms with Crippen LogP contribution in [-0.2, 0) is 0 Å². The molecule has 1 aliphatic heterocycles. The molecule has 3 aromatic rings. The number of carbonyl (C=O) groups excluding carboxylic acids is 1. The maximum Gasteiger partial charge on any atom is 0.257 e. The molecule has 2 aromatic heterocycles. The van der Waals surface area contributed by atoms with Crippen LogP contribution in [0.25, 0.3) is 5.69 Å². The predicted molar refractivity (Wildman–Crippen MR) is 119 cm³/mol. The summed E-state index contributed by atoms with van der Waals surface area (Å²) in [4.78, 5) is 20.0. The SMILES string of the molecule is CC(C)c1c(C(=O)N2CCC(c3nc(C4CC4)n[nH]3)CC2)cnn1-c1cccc(Cl)c1. The highest BCUT2D eigenvalue weighted by Gasteiger charge is 2.32. The van der Waals surface area contributed by atoms with E-state index in [-0.39, 0.29) is 11.8 Å². The lowest BCUT2D eigenvalue weighted by atomic mass is 9.95. The van der Waals surface area contributed by atoms with Crippen LogP contribution in [0.5, 0.6) is 0 Å². The van der Waals surface area contributed by atoms with E-state index >= 15 is 0 Å². The standard InChI is InChI=1S/C23H27ClN6O/c1-14(2)20-19(13-25-30(20)18-5-3-4-17(24)12-18)23(31)29-10-8-16(9-11-29)22-26-21(27-28-22)15-6-7-15/h3-5,12-16H,6-11H2,1-2H3,(H,26,27,28). The molecule has 8 heteroatoms. The summed E-state index contributed by atoms with van der Waals surface area (Å²) in [5.41, 5.74) is 2.45. The number of likely N-dealkylation sites (tertiary alicyclic amines) is 1. The third-order valence-corrected chi connectivity index (χ3v) is 6.50. The number of amides is 1. The maximum atomic E-state index is 13.4. The third-order valence-electron chi connectivity index (χ3n) is 6.27. The fourth-order valence-corrected chi connectivity index (χ4v) is 4.60. The second-order valence-corrected chi connectivity index (χ2v) is 9.35. The number of piperidine rings is 1. The highest BCUT2D eigenvalue weighted by molar-refractivity contribution is 6.30. The van der Waals surface area contributed by atoms with Gasteiger partial charge in [0.05, 0.1) is 23.1 Å². The Bertz CT molecular complexity index is 1090. The number of aromatic amines is 1. The molecule has 1 saturated carbocycles. The molecule has 0 unspecified atom stereocenters. The van der Waals surface area contributed by atoms with Crippen LogP contribution in [0.2, 0.25) is 5.02 Å². The Morgan fingerprint density at radius 2 is 1.94 bits per heavy atom. The molecule has 1 amide bonds. The number of nitrogens with zero attached hydrogens (tertiary/aromatic N) is 5. The summed E-state index contributed by atoms with van der Waals surface area (Å²) in [5.74, 6) is 3.02. The molecule has 0 radical (unpaired) electrons. The van der Waals surface area contributed by atoms with Crippen LogP contribution in [0.15, 0.2) is 30.5 Å². The van der Waals surface area contributed by atoms with E-state index in [1.54, 1.807) is 6.20 Å². The van der Waals surface area contributed by atoms with Crippen molar-refractivity contribution < 1.29 is 4.79 Å². The number of halogens is 1. The minimum absolute atomic E-state index is 0.0478. The molecule has 1 aromatic carbocycles. The molecule has 2 aliphatic rings. The Labute approximate surface area is 186 Å². The van der Waals surface area contributed by atoms with Gasteiger partial charge >= 0.3 is 0 Å². The second kappa shape index (κ2) is 8.11. The lowest BCUT2D eigenvalue weighted by Gasteiger charge is -2.31. The van der Waals surface area contributed by atoms with Crippen molar-refractivity contribution in [3.63, 3.8) is 0 Å². The number of hydrogen-bond donors (Lipinski definition) is 1. The number of benzene rings is 1. The molecule has 0 bridgehead atoms. The Morgan fingerprint density at radius 3 is 2.61 bits per heavy atom. The van der Waals surface area contributed by atoms with E-state index in [4.69, 9.17) is 16.6 Å². The third kappa shape index (κ3) is 3.99. The van der Waals surface area contributed by atoms with Gasteiger partial charge in [0.2, 0.25) is 0 Å². The molecule has 3 heterocycles. The highest BCUT2D eigenvalue weighted by atomic mass is 35.5. The molecule has 5 rings (SSSR count). The number of hydrogen-bond acceptors (Lipinski definition) is 4. The summed E-state index contributed by atoms with van der Waals surface area (Å²) in [5, 5.41) is 12.7. The number of carbonyl (C=O) groups is 1. The van der Waals surface area contributed by atoms with Gasteiger partial charge in [0.1, 0.15) is 5.82 Å². The molecule has 162 valence electrons. The Hall–Kier alpha value is -2.67. The molecule has 0 atom stereocenters. The van der Waals surface area contributed by atoms with Gasteiger partial charge in [-0.2, -0.15) is 10.2 Å². The quantitative estimate of drug-likeness (QED) is 0.628. The maximum absolute atomic E-state index is 13.4. The first kappa shape index (κ1) is 20.2. The van der Waals surface area contributed by atoms with Crippen molar-refractivity contribution in [1.82, 2.24) is 29.9 Å². The summed E-state index contributed by atoms with van der Waals surface area (Å²) < 4.78 is 1.84. The van der Waals surface area contributed by atoms with Crippen LogP contribution in [-0.4, -0.2) is 48.9 Å². The van der Waals surface area contributed by atoms with Gasteiger partial charge in [0.15, 0.2) is 5.82 Å². The highest BCUT2D eigenvalue weighted by Crippen LogP contribution is 2.38. The fourth-order valence-electron chi connectivity index (χ4n) is 4.41. The molecule has 1 saturated heterocycles. The van der Waals surface area contributed by atoms with Crippen molar-refractivity contribution >= 4 is 17.5 Å². The Kier molecular flexibility index (Phi) is 5.30. The van der Waals surface area contributed by atoms with E-state index in [0.29, 0.717) is 35.5 Å². The molecule has 1 aliphatic carbocycles. The van der Waals surface area contributed by atoms with Crippen molar-refractivity contribution in [2.24, 2.45) is 0 Å². The van der Waals surface area contributed by atoms with Gasteiger partial charge in [-0.1, -0.05) is 31.5 Å². The molecule has 31 heavy (non-hydrogen) atoms. The topological polar surface area (TPSA) is 79.7 Å². The van der Waals surface area contributed by atoms with Crippen molar-refractivity contribution in [3.05, 3.63) is 58.4 Å². The van der Waals surface area contributed by atoms with Crippen molar-refractivity contribution in [1.29, 1.82) is 0 Å². The van der Waals surface area contributed by atoms with Crippen LogP contribution in [0.3, 0.4) is 0 Å². The number of H-pyrrole nitrogens is 1. The average Bonchev–Trinajstić information content (AvgIpc) is 3.33. The molecule has 2 fully saturated rings. The Morgan fingerprint density at radius 1 is 1.16 bits per heavy atom. The number of nitrogens with one attached hydrogen (secondary N) is 1. The zero-order valence-corrected chi connectivity index (χ0v) is 18.6. The van der Waals surface area contributed by atoms with E-state index < -0.39 is 0 Å². The zero-order valence-electron chi connectivity index (χ0n) is 17.9. The first-order chi connectivity index (χ1) is 15.0. The lowest BCUT2D eigenvalue weighted by Crippen LogP contribution is -2.38. The zero-order chi connectivity index (χ0) is 21.5. The van der Waals surface area contributed by atoms with Gasteiger partial charge < -0.3 is 4.90 Å². The smallest absolute Gasteiger partial charge is 0.257 e. The fraction of sp³-hybridized carbons (Fsp3) is 0.478. The molecular weight excluding hydrogens is 412 g/mol. The summed E-state index contributed by atoms with van der Waals surface area (Å²) in [6, 6.07) is 7.56. The van der Waals surface area contributed by atoms with E-state index in [1.807, 2.05) is 33.8 Å². The summed E-state index contributed by atoms with van der Waals surface area (Å²) in [6.45, 7) is 5.59. The summed E-state index contributed by atoms with van der Waals surface area (Å²) in [6.07, 6.45) is 5.88. The minimum Gasteiger partial charge on any atom is -0.338 e. The molecule has 1 N–H and O–H groups in total. The van der Waals surface area contributed by atoms with Crippen molar-refractivity contribution in [2.45, 2.75) is 57.3 Å². The summed E-state index contributed by atoms with van der Waals surface area (Å²) in [7, 11) is 0. The second-order valence-electron chi connectivity index (χ2n) is 8.91. The molecule has 7 nitrogen and oxygen atoms in total. The number of aromatic nitrogens is 5. The van der Waals surface area contributed by atoms with E-state index in [1.165, 1.54) is 12.8 Å². The van der Waals surface area contributed by atoms with Crippen molar-refractivity contribution in [2.75, 3.05) is 13.1 Å². The van der Waals surface area contributed by atoms with Crippen molar-refractivity contribution in [3.8, 4) is 5.69 Å². The lowest BCUT2D eigenvalue weighted by molar-refractivity contribution is 0.0709. The number of rotatable bonds is 5. The van der Waals surface area contributed by atoms with Crippen LogP contribution >= 0.6 is 11.6 Å². The van der Waals surface area contributed by atoms with Gasteiger partial charge in [-0.25, -0.2) is 9.67 Å². The molecule has 0 spiro atoms. The van der Waals surface area contributed by atoms with E-state index in [0.717, 1.165) is 35.9 Å². The van der Waals surface area contributed by atoms with Gasteiger partial charge in [-0.05, 0) is 49.8 Å². The predicted octanol–water partition coefficient (Wildman–Crippen LogP) is 4.66. The monoisotopic (exact) mass is 438 g/mol. The first-order valence-electron chi connectivity index (χ1n) is 11.1. The van der Waals surface area contributed by atoms with Gasteiger partial charge in [0.25, 0.3) is 5.91 Å². The van der Waals surface area contributed by atoms with Crippen LogP contribution in [0.1, 0.15) is 85.0 Å². The van der Waals surface area contributed by atoms with E-state index in [9.17, 15) is 4.79 Å². The van der Waals surface area contributed by atoms with E-state index in [2.05, 4.69) is 29.1 Å². The van der Waals surface area contributed by atoms with Gasteiger partial charge in [-0.15, -0.1) is 0 Å². The van der Waals surface area contributed by atoms with Crippen LogP contribution in [0, 0.1) is 0 Å². The average molecular weight is 439 g/mol. The van der Waals surface area contributed by atoms with Gasteiger partial charge in [0, 0.05) is 29.9 Å². The van der Waals surface area contributed by atoms with Gasteiger partial charge in [-0.3, -0.25) is 9.89 Å². The molecular formula is C23H27ClN6O. The summed E-state index contributed by atoms with van der Waals surface area (Å²) >= 11 is 6.18. The Balaban J connectivity index is 1.32. The normalized spacial score (nSPS) is 17.5. The largest absolute Gasteiger partial charge is 0.338 e. The minimum atomic E-state index is 0.0478. The van der Waals surface area contributed by atoms with Crippen LogP contribution in [0.4, 0.5) is 0 Å². The first-order valence-corrected chi connectivity index (χ1v) is 11.4.